The van der Waals surface area contributed by atoms with Gasteiger partial charge in [0.15, 0.2) is 0 Å². The Labute approximate surface area is 114 Å². The van der Waals surface area contributed by atoms with E-state index in [1.165, 1.54) is 0 Å². The van der Waals surface area contributed by atoms with Crippen LogP contribution in [0.1, 0.15) is 39.2 Å². The van der Waals surface area contributed by atoms with Crippen LogP contribution in [0.15, 0.2) is 18.2 Å². The Morgan fingerprint density at radius 3 is 2.63 bits per heavy atom. The molecule has 0 radical (unpaired) electrons. The van der Waals surface area contributed by atoms with Crippen molar-refractivity contribution < 1.29 is 9.53 Å². The van der Waals surface area contributed by atoms with E-state index in [2.05, 4.69) is 26.1 Å². The summed E-state index contributed by atoms with van der Waals surface area (Å²) in [4.78, 5) is 11.6. The van der Waals surface area contributed by atoms with Gasteiger partial charge in [-0.3, -0.25) is 4.79 Å². The van der Waals surface area contributed by atoms with Crippen molar-refractivity contribution >= 4 is 11.6 Å². The van der Waals surface area contributed by atoms with Crippen LogP contribution in [-0.2, 0) is 10.2 Å². The van der Waals surface area contributed by atoms with Crippen molar-refractivity contribution in [2.24, 2.45) is 0 Å². The molecule has 4 heteroatoms. The van der Waals surface area contributed by atoms with Gasteiger partial charge in [0, 0.05) is 24.1 Å². The number of amides is 1. The number of methoxy groups -OCH3 is 1. The summed E-state index contributed by atoms with van der Waals surface area (Å²) in [6.45, 7) is 6.27. The van der Waals surface area contributed by atoms with Crippen LogP contribution >= 0.6 is 0 Å². The van der Waals surface area contributed by atoms with Crippen molar-refractivity contribution in [1.82, 2.24) is 0 Å². The molecule has 0 saturated heterocycles. The highest BCUT2D eigenvalue weighted by atomic mass is 16.5. The van der Waals surface area contributed by atoms with Gasteiger partial charge in [-0.05, 0) is 23.6 Å². The molecular formula is C15H20N2O2. The van der Waals surface area contributed by atoms with Gasteiger partial charge in [-0.2, -0.15) is 5.26 Å². The molecule has 0 heterocycles. The number of benzene rings is 1. The van der Waals surface area contributed by atoms with Gasteiger partial charge in [0.1, 0.15) is 5.75 Å². The van der Waals surface area contributed by atoms with Crippen molar-refractivity contribution in [2.45, 2.75) is 39.0 Å². The summed E-state index contributed by atoms with van der Waals surface area (Å²) in [5.41, 5.74) is 1.69. The van der Waals surface area contributed by atoms with Crippen LogP contribution in [0.4, 0.5) is 5.69 Å². The fraction of sp³-hybridized carbons (Fsp3) is 0.467. The molecule has 0 saturated carbocycles. The molecule has 0 aliphatic rings. The second-order valence-electron chi connectivity index (χ2n) is 5.37. The first-order valence-corrected chi connectivity index (χ1v) is 6.24. The molecule has 0 aromatic heterocycles. The highest BCUT2D eigenvalue weighted by Gasteiger charge is 2.19. The average Bonchev–Trinajstić information content (AvgIpc) is 2.35. The molecule has 1 N–H and O–H groups in total. The van der Waals surface area contributed by atoms with E-state index in [4.69, 9.17) is 10.00 Å². The SMILES string of the molecule is COc1ccc(NC(=O)CCC#N)cc1C(C)(C)C. The number of nitrogens with zero attached hydrogens (tertiary/aromatic N) is 1. The summed E-state index contributed by atoms with van der Waals surface area (Å²) in [5.74, 6) is 0.661. The highest BCUT2D eigenvalue weighted by Crippen LogP contribution is 2.33. The molecule has 0 spiro atoms. The fourth-order valence-corrected chi connectivity index (χ4v) is 1.76. The summed E-state index contributed by atoms with van der Waals surface area (Å²) >= 11 is 0. The molecule has 0 bridgehead atoms. The lowest BCUT2D eigenvalue weighted by atomic mass is 9.86. The number of hydrogen-bond acceptors (Lipinski definition) is 3. The zero-order chi connectivity index (χ0) is 14.5. The second kappa shape index (κ2) is 6.24. The minimum absolute atomic E-state index is 0.0707. The predicted octanol–water partition coefficient (Wildman–Crippen LogP) is 3.23. The maximum absolute atomic E-state index is 11.6. The first-order chi connectivity index (χ1) is 8.88. The number of ether oxygens (including phenoxy) is 1. The Kier molecular flexibility index (Phi) is 4.94. The van der Waals surface area contributed by atoms with Crippen LogP contribution in [-0.4, -0.2) is 13.0 Å². The van der Waals surface area contributed by atoms with Gasteiger partial charge >= 0.3 is 0 Å². The zero-order valence-corrected chi connectivity index (χ0v) is 11.9. The van der Waals surface area contributed by atoms with Crippen molar-refractivity contribution in [3.63, 3.8) is 0 Å². The lowest BCUT2D eigenvalue weighted by Gasteiger charge is -2.23. The largest absolute Gasteiger partial charge is 0.496 e. The summed E-state index contributed by atoms with van der Waals surface area (Å²) in [7, 11) is 1.63. The number of rotatable bonds is 4. The summed E-state index contributed by atoms with van der Waals surface area (Å²) in [5, 5.41) is 11.2. The first-order valence-electron chi connectivity index (χ1n) is 6.24. The number of hydrogen-bond donors (Lipinski definition) is 1. The van der Waals surface area contributed by atoms with Gasteiger partial charge in [0.25, 0.3) is 0 Å². The third kappa shape index (κ3) is 4.29. The van der Waals surface area contributed by atoms with Crippen molar-refractivity contribution in [1.29, 1.82) is 5.26 Å². The molecule has 0 aliphatic carbocycles. The number of nitriles is 1. The molecule has 1 aromatic carbocycles. The maximum atomic E-state index is 11.6. The molecule has 1 aromatic rings. The number of anilines is 1. The van der Waals surface area contributed by atoms with Crippen LogP contribution in [0.2, 0.25) is 0 Å². The Bertz CT molecular complexity index is 496. The quantitative estimate of drug-likeness (QED) is 0.904. The lowest BCUT2D eigenvalue weighted by molar-refractivity contribution is -0.116. The average molecular weight is 260 g/mol. The van der Waals surface area contributed by atoms with Crippen LogP contribution in [0.25, 0.3) is 0 Å². The number of nitrogens with one attached hydrogen (secondary N) is 1. The topological polar surface area (TPSA) is 62.1 Å². The molecule has 0 atom stereocenters. The molecule has 1 amide bonds. The van der Waals surface area contributed by atoms with Crippen molar-refractivity contribution in [3.05, 3.63) is 23.8 Å². The molecule has 0 unspecified atom stereocenters. The maximum Gasteiger partial charge on any atom is 0.225 e. The van der Waals surface area contributed by atoms with E-state index in [0.717, 1.165) is 17.0 Å². The van der Waals surface area contributed by atoms with Crippen LogP contribution in [0.3, 0.4) is 0 Å². The summed E-state index contributed by atoms with van der Waals surface area (Å²) in [6.07, 6.45) is 0.446. The van der Waals surface area contributed by atoms with Gasteiger partial charge < -0.3 is 10.1 Å². The number of carbonyl (C=O) groups is 1. The Hall–Kier alpha value is -2.02. The standard InChI is InChI=1S/C15H20N2O2/c1-15(2,3)12-10-11(7-8-13(12)19-4)17-14(18)6-5-9-16/h7-8,10H,5-6H2,1-4H3,(H,17,18). The van der Waals surface area contributed by atoms with Gasteiger partial charge in [-0.1, -0.05) is 20.8 Å². The molecule has 19 heavy (non-hydrogen) atoms. The molecule has 1 rings (SSSR count). The van der Waals surface area contributed by atoms with Gasteiger partial charge in [-0.25, -0.2) is 0 Å². The zero-order valence-electron chi connectivity index (χ0n) is 11.9. The molecule has 0 fully saturated rings. The minimum Gasteiger partial charge on any atom is -0.496 e. The smallest absolute Gasteiger partial charge is 0.225 e. The van der Waals surface area contributed by atoms with Gasteiger partial charge in [0.2, 0.25) is 5.91 Å². The highest BCUT2D eigenvalue weighted by molar-refractivity contribution is 5.91. The summed E-state index contributed by atoms with van der Waals surface area (Å²) in [6, 6.07) is 7.53. The van der Waals surface area contributed by atoms with E-state index in [0.29, 0.717) is 0 Å². The lowest BCUT2D eigenvalue weighted by Crippen LogP contribution is -2.15. The van der Waals surface area contributed by atoms with E-state index >= 15 is 0 Å². The third-order valence-electron chi connectivity index (χ3n) is 2.76. The molecule has 4 nitrogen and oxygen atoms in total. The molecular weight excluding hydrogens is 240 g/mol. The van der Waals surface area contributed by atoms with Gasteiger partial charge in [-0.15, -0.1) is 0 Å². The van der Waals surface area contributed by atoms with Crippen LogP contribution in [0, 0.1) is 11.3 Å². The fourth-order valence-electron chi connectivity index (χ4n) is 1.76. The monoisotopic (exact) mass is 260 g/mol. The third-order valence-corrected chi connectivity index (χ3v) is 2.76. The van der Waals surface area contributed by atoms with E-state index < -0.39 is 0 Å². The van der Waals surface area contributed by atoms with Crippen LogP contribution in [0.5, 0.6) is 5.75 Å². The Morgan fingerprint density at radius 2 is 2.11 bits per heavy atom. The normalized spacial score (nSPS) is 10.7. The molecule has 0 aliphatic heterocycles. The van der Waals surface area contributed by atoms with E-state index in [-0.39, 0.29) is 24.2 Å². The van der Waals surface area contributed by atoms with Crippen molar-refractivity contribution in [2.75, 3.05) is 12.4 Å². The van der Waals surface area contributed by atoms with Gasteiger partial charge in [0.05, 0.1) is 13.2 Å². The number of carbonyl (C=O) groups excluding carboxylic acids is 1. The van der Waals surface area contributed by atoms with E-state index in [1.807, 2.05) is 18.2 Å². The van der Waals surface area contributed by atoms with E-state index in [1.54, 1.807) is 13.2 Å². The Morgan fingerprint density at radius 1 is 1.42 bits per heavy atom. The van der Waals surface area contributed by atoms with Crippen molar-refractivity contribution in [3.8, 4) is 11.8 Å². The Balaban J connectivity index is 2.93. The second-order valence-corrected chi connectivity index (χ2v) is 5.37. The first kappa shape index (κ1) is 15.0. The summed E-state index contributed by atoms with van der Waals surface area (Å²) < 4.78 is 5.34. The minimum atomic E-state index is -0.147. The predicted molar refractivity (Wildman–Crippen MR) is 75.2 cm³/mol. The van der Waals surface area contributed by atoms with E-state index in [9.17, 15) is 4.79 Å². The molecule has 102 valence electrons. The van der Waals surface area contributed by atoms with Crippen LogP contribution < -0.4 is 10.1 Å².